The fourth-order valence-electron chi connectivity index (χ4n) is 3.62. The van der Waals surface area contributed by atoms with E-state index in [2.05, 4.69) is 15.1 Å². The van der Waals surface area contributed by atoms with E-state index in [0.29, 0.717) is 37.0 Å². The number of rotatable bonds is 4. The number of aromatic amines is 1. The quantitative estimate of drug-likeness (QED) is 0.664. The van der Waals surface area contributed by atoms with Gasteiger partial charge in [-0.2, -0.15) is 5.10 Å². The first kappa shape index (κ1) is 19.6. The summed E-state index contributed by atoms with van der Waals surface area (Å²) < 4.78 is 5.38. The molecule has 2 aromatic carbocycles. The van der Waals surface area contributed by atoms with Crippen LogP contribution in [0.4, 0.5) is 5.69 Å². The molecule has 1 N–H and O–H groups in total. The molecule has 30 heavy (non-hydrogen) atoms. The number of benzene rings is 2. The molecular formula is C22H22N4O4. The third-order valence-corrected chi connectivity index (χ3v) is 5.23. The molecular weight excluding hydrogens is 384 g/mol. The van der Waals surface area contributed by atoms with Crippen molar-refractivity contribution in [1.29, 1.82) is 0 Å². The summed E-state index contributed by atoms with van der Waals surface area (Å²) >= 11 is 0. The summed E-state index contributed by atoms with van der Waals surface area (Å²) in [7, 11) is 0. The minimum atomic E-state index is -0.951. The molecule has 1 aromatic heterocycles. The number of nitrogens with zero attached hydrogens (tertiary/aromatic N) is 3. The van der Waals surface area contributed by atoms with Gasteiger partial charge in [0.05, 0.1) is 5.39 Å². The summed E-state index contributed by atoms with van der Waals surface area (Å²) in [5.74, 6) is -0.990. The van der Waals surface area contributed by atoms with E-state index < -0.39 is 12.1 Å². The summed E-state index contributed by atoms with van der Waals surface area (Å²) in [5, 5.41) is 6.87. The minimum Gasteiger partial charge on any atom is -0.448 e. The van der Waals surface area contributed by atoms with Crippen LogP contribution in [0.5, 0.6) is 0 Å². The van der Waals surface area contributed by atoms with Crippen LogP contribution < -0.4 is 10.5 Å². The van der Waals surface area contributed by atoms with Crippen molar-refractivity contribution in [3.63, 3.8) is 0 Å². The topological polar surface area (TPSA) is 95.6 Å². The lowest BCUT2D eigenvalue weighted by molar-refractivity contribution is -0.140. The zero-order valence-corrected chi connectivity index (χ0v) is 16.6. The Kier molecular flexibility index (Phi) is 5.47. The Morgan fingerprint density at radius 3 is 2.30 bits per heavy atom. The van der Waals surface area contributed by atoms with Gasteiger partial charge >= 0.3 is 5.97 Å². The number of hydrogen-bond donors (Lipinski definition) is 1. The van der Waals surface area contributed by atoms with Crippen LogP contribution in [0.15, 0.2) is 59.4 Å². The number of fused-ring (bicyclic) bond motifs is 1. The fourth-order valence-corrected chi connectivity index (χ4v) is 3.62. The second-order valence-corrected chi connectivity index (χ2v) is 7.14. The maximum atomic E-state index is 12.8. The van der Waals surface area contributed by atoms with Crippen LogP contribution in [0.25, 0.3) is 10.8 Å². The van der Waals surface area contributed by atoms with Crippen molar-refractivity contribution >= 4 is 28.3 Å². The molecule has 0 spiro atoms. The Hall–Kier alpha value is -3.68. The normalized spacial score (nSPS) is 15.1. The molecule has 2 heterocycles. The molecule has 1 saturated heterocycles. The number of esters is 1. The molecule has 0 radical (unpaired) electrons. The van der Waals surface area contributed by atoms with Crippen molar-refractivity contribution in [2.75, 3.05) is 31.1 Å². The van der Waals surface area contributed by atoms with Gasteiger partial charge in [-0.25, -0.2) is 9.89 Å². The van der Waals surface area contributed by atoms with Crippen molar-refractivity contribution in [2.45, 2.75) is 13.0 Å². The van der Waals surface area contributed by atoms with Crippen molar-refractivity contribution in [2.24, 2.45) is 0 Å². The lowest BCUT2D eigenvalue weighted by Crippen LogP contribution is -2.51. The summed E-state index contributed by atoms with van der Waals surface area (Å²) in [5.41, 5.74) is 0.724. The fraction of sp³-hybridized carbons (Fsp3) is 0.273. The number of nitrogens with one attached hydrogen (secondary N) is 1. The number of carbonyl (C=O) groups excluding carboxylic acids is 2. The summed E-state index contributed by atoms with van der Waals surface area (Å²) in [6.07, 6.45) is -0.951. The van der Waals surface area contributed by atoms with E-state index in [4.69, 9.17) is 4.74 Å². The Labute approximate surface area is 173 Å². The number of para-hydroxylation sites is 1. The van der Waals surface area contributed by atoms with Crippen molar-refractivity contribution in [3.8, 4) is 0 Å². The van der Waals surface area contributed by atoms with Crippen molar-refractivity contribution in [1.82, 2.24) is 15.1 Å². The van der Waals surface area contributed by atoms with E-state index >= 15 is 0 Å². The number of aromatic nitrogens is 2. The standard InChI is InChI=1S/C22H22N4O4/c1-15(21(28)26-13-11-25(12-14-26)16-7-3-2-4-8-16)30-22(29)19-17-9-5-6-10-18(17)20(27)24-23-19/h2-10,15H,11-14H2,1H3,(H,24,27). The molecule has 1 aliphatic rings. The average Bonchev–Trinajstić information content (AvgIpc) is 2.79. The van der Waals surface area contributed by atoms with Gasteiger partial charge in [-0.1, -0.05) is 36.4 Å². The van der Waals surface area contributed by atoms with Gasteiger partial charge in [-0.15, -0.1) is 0 Å². The smallest absolute Gasteiger partial charge is 0.360 e. The first-order valence-electron chi connectivity index (χ1n) is 9.82. The number of piperazine rings is 1. The molecule has 8 heteroatoms. The summed E-state index contributed by atoms with van der Waals surface area (Å²) in [6.45, 7) is 4.08. The molecule has 4 rings (SSSR count). The van der Waals surface area contributed by atoms with Gasteiger partial charge in [0, 0.05) is 37.3 Å². The highest BCUT2D eigenvalue weighted by atomic mass is 16.5. The number of carbonyl (C=O) groups is 2. The molecule has 3 aromatic rings. The second-order valence-electron chi connectivity index (χ2n) is 7.14. The monoisotopic (exact) mass is 406 g/mol. The molecule has 0 aliphatic carbocycles. The second kappa shape index (κ2) is 8.36. The number of ether oxygens (including phenoxy) is 1. The number of H-pyrrole nitrogens is 1. The van der Waals surface area contributed by atoms with Gasteiger partial charge in [0.15, 0.2) is 11.8 Å². The molecule has 8 nitrogen and oxygen atoms in total. The molecule has 1 fully saturated rings. The third-order valence-electron chi connectivity index (χ3n) is 5.23. The Morgan fingerprint density at radius 2 is 1.60 bits per heavy atom. The largest absolute Gasteiger partial charge is 0.448 e. The molecule has 1 atom stereocenters. The zero-order valence-electron chi connectivity index (χ0n) is 16.6. The number of amides is 1. The van der Waals surface area contributed by atoms with Gasteiger partial charge in [0.25, 0.3) is 11.5 Å². The number of anilines is 1. The molecule has 0 bridgehead atoms. The highest BCUT2D eigenvalue weighted by molar-refractivity contribution is 6.02. The van der Waals surface area contributed by atoms with E-state index in [1.807, 2.05) is 30.3 Å². The van der Waals surface area contributed by atoms with Crippen LogP contribution in [0.2, 0.25) is 0 Å². The van der Waals surface area contributed by atoms with Crippen LogP contribution in [-0.2, 0) is 9.53 Å². The van der Waals surface area contributed by atoms with Crippen LogP contribution >= 0.6 is 0 Å². The van der Waals surface area contributed by atoms with Crippen molar-refractivity contribution in [3.05, 3.63) is 70.6 Å². The zero-order chi connectivity index (χ0) is 21.1. The van der Waals surface area contributed by atoms with E-state index in [1.54, 1.807) is 36.1 Å². The van der Waals surface area contributed by atoms with Crippen LogP contribution in [0, 0.1) is 0 Å². The van der Waals surface area contributed by atoms with Crippen LogP contribution in [0.3, 0.4) is 0 Å². The lowest BCUT2D eigenvalue weighted by atomic mass is 10.1. The third kappa shape index (κ3) is 3.89. The molecule has 154 valence electrons. The molecule has 1 amide bonds. The van der Waals surface area contributed by atoms with Gasteiger partial charge in [0.1, 0.15) is 0 Å². The predicted octanol–water partition coefficient (Wildman–Crippen LogP) is 1.82. The van der Waals surface area contributed by atoms with Gasteiger partial charge in [0.2, 0.25) is 0 Å². The summed E-state index contributed by atoms with van der Waals surface area (Å²) in [4.78, 5) is 41.2. The van der Waals surface area contributed by atoms with E-state index in [9.17, 15) is 14.4 Å². The Morgan fingerprint density at radius 1 is 0.967 bits per heavy atom. The Balaban J connectivity index is 1.40. The molecule has 1 unspecified atom stereocenters. The first-order valence-corrected chi connectivity index (χ1v) is 9.82. The average molecular weight is 406 g/mol. The van der Waals surface area contributed by atoms with E-state index in [1.165, 1.54) is 0 Å². The predicted molar refractivity (Wildman–Crippen MR) is 112 cm³/mol. The van der Waals surface area contributed by atoms with Gasteiger partial charge in [-0.05, 0) is 25.1 Å². The first-order chi connectivity index (χ1) is 14.5. The van der Waals surface area contributed by atoms with E-state index in [-0.39, 0.29) is 17.2 Å². The molecule has 1 aliphatic heterocycles. The van der Waals surface area contributed by atoms with Crippen molar-refractivity contribution < 1.29 is 14.3 Å². The van der Waals surface area contributed by atoms with E-state index in [0.717, 1.165) is 5.69 Å². The highest BCUT2D eigenvalue weighted by Gasteiger charge is 2.28. The SMILES string of the molecule is CC(OC(=O)c1n[nH]c(=O)c2ccccc12)C(=O)N1CCN(c2ccccc2)CC1. The number of hydrogen-bond acceptors (Lipinski definition) is 6. The molecule has 0 saturated carbocycles. The highest BCUT2D eigenvalue weighted by Crippen LogP contribution is 2.17. The maximum Gasteiger partial charge on any atom is 0.360 e. The minimum absolute atomic E-state index is 0.0150. The van der Waals surface area contributed by atoms with Crippen LogP contribution in [0.1, 0.15) is 17.4 Å². The van der Waals surface area contributed by atoms with Gasteiger partial charge in [-0.3, -0.25) is 9.59 Å². The summed E-state index contributed by atoms with van der Waals surface area (Å²) in [6, 6.07) is 16.7. The van der Waals surface area contributed by atoms with Crippen LogP contribution in [-0.4, -0.2) is 59.3 Å². The maximum absolute atomic E-state index is 12.8. The lowest BCUT2D eigenvalue weighted by Gasteiger charge is -2.37. The van der Waals surface area contributed by atoms with Gasteiger partial charge < -0.3 is 14.5 Å². The Bertz CT molecular complexity index is 1120.